The Hall–Kier alpha value is -1.37. The van der Waals surface area contributed by atoms with Gasteiger partial charge in [0.2, 0.25) is 10.0 Å². The van der Waals surface area contributed by atoms with E-state index in [-0.39, 0.29) is 17.5 Å². The molecule has 0 fully saturated rings. The summed E-state index contributed by atoms with van der Waals surface area (Å²) < 4.78 is 27.0. The largest absolute Gasteiger partial charge is 0.281 e. The molecule has 0 atom stereocenters. The molecule has 0 spiro atoms. The third-order valence-electron chi connectivity index (χ3n) is 3.17. The third-order valence-corrected chi connectivity index (χ3v) is 5.54. The number of aromatic amines is 1. The first-order valence-corrected chi connectivity index (χ1v) is 8.40. The molecule has 0 aliphatic rings. The highest BCUT2D eigenvalue weighted by Crippen LogP contribution is 2.23. The maximum atomic E-state index is 12.8. The molecule has 21 heavy (non-hydrogen) atoms. The maximum absolute atomic E-state index is 12.8. The van der Waals surface area contributed by atoms with E-state index >= 15 is 0 Å². The van der Waals surface area contributed by atoms with Crippen LogP contribution in [0.5, 0.6) is 0 Å². The van der Waals surface area contributed by atoms with E-state index in [9.17, 15) is 8.42 Å². The monoisotopic (exact) mass is 327 g/mol. The van der Waals surface area contributed by atoms with Crippen molar-refractivity contribution < 1.29 is 8.42 Å². The lowest BCUT2D eigenvalue weighted by Gasteiger charge is -2.25. The Balaban J connectivity index is 2.38. The number of hydrogen-bond donors (Lipinski definition) is 1. The molecule has 5 nitrogen and oxygen atoms in total. The van der Waals surface area contributed by atoms with E-state index < -0.39 is 10.0 Å². The molecule has 1 aromatic heterocycles. The number of hydrogen-bond acceptors (Lipinski definition) is 3. The Morgan fingerprint density at radius 3 is 2.62 bits per heavy atom. The van der Waals surface area contributed by atoms with Crippen molar-refractivity contribution in [2.75, 3.05) is 0 Å². The Labute approximate surface area is 130 Å². The van der Waals surface area contributed by atoms with E-state index in [1.54, 1.807) is 19.1 Å². The zero-order valence-electron chi connectivity index (χ0n) is 12.2. The van der Waals surface area contributed by atoms with Gasteiger partial charge in [-0.05, 0) is 38.5 Å². The number of H-pyrrole nitrogens is 1. The minimum absolute atomic E-state index is 0.178. The molecule has 0 bridgehead atoms. The van der Waals surface area contributed by atoms with Crippen LogP contribution in [0, 0.1) is 6.92 Å². The first kappa shape index (κ1) is 16.0. The van der Waals surface area contributed by atoms with Crippen LogP contribution >= 0.6 is 11.6 Å². The fourth-order valence-electron chi connectivity index (χ4n) is 2.09. The van der Waals surface area contributed by atoms with E-state index in [0.29, 0.717) is 10.7 Å². The second kappa shape index (κ2) is 6.17. The molecule has 114 valence electrons. The number of benzene rings is 1. The van der Waals surface area contributed by atoms with E-state index in [4.69, 9.17) is 11.6 Å². The summed E-state index contributed by atoms with van der Waals surface area (Å²) in [5, 5.41) is 7.05. The first-order chi connectivity index (χ1) is 9.82. The van der Waals surface area contributed by atoms with Crippen LogP contribution in [0.15, 0.2) is 35.4 Å². The highest BCUT2D eigenvalue weighted by Gasteiger charge is 2.29. The molecule has 2 rings (SSSR count). The summed E-state index contributed by atoms with van der Waals surface area (Å²) >= 11 is 5.96. The second-order valence-corrected chi connectivity index (χ2v) is 7.43. The van der Waals surface area contributed by atoms with Gasteiger partial charge in [-0.1, -0.05) is 23.7 Å². The smallest absolute Gasteiger partial charge is 0.246 e. The SMILES string of the molecule is Cc1[nH]ncc1S(=O)(=O)N(Cc1cccc(Cl)c1)C(C)C. The predicted octanol–water partition coefficient (Wildman–Crippen LogP) is 2.97. The van der Waals surface area contributed by atoms with E-state index in [0.717, 1.165) is 5.56 Å². The Morgan fingerprint density at radius 2 is 2.10 bits per heavy atom. The molecule has 0 radical (unpaired) electrons. The predicted molar refractivity (Wildman–Crippen MR) is 82.6 cm³/mol. The van der Waals surface area contributed by atoms with Crippen molar-refractivity contribution in [3.63, 3.8) is 0 Å². The minimum Gasteiger partial charge on any atom is -0.281 e. The normalized spacial score (nSPS) is 12.3. The summed E-state index contributed by atoms with van der Waals surface area (Å²) in [6, 6.07) is 7.03. The molecular formula is C14H18ClN3O2S. The number of rotatable bonds is 5. The fourth-order valence-corrected chi connectivity index (χ4v) is 4.04. The Bertz CT molecular complexity index is 725. The van der Waals surface area contributed by atoms with Crippen LogP contribution in [-0.4, -0.2) is 29.0 Å². The van der Waals surface area contributed by atoms with Gasteiger partial charge in [0.25, 0.3) is 0 Å². The van der Waals surface area contributed by atoms with Crippen molar-refractivity contribution in [2.24, 2.45) is 0 Å². The molecule has 0 amide bonds. The molecule has 1 aromatic carbocycles. The van der Waals surface area contributed by atoms with Crippen molar-refractivity contribution >= 4 is 21.6 Å². The van der Waals surface area contributed by atoms with E-state index in [2.05, 4.69) is 10.2 Å². The van der Waals surface area contributed by atoms with Crippen molar-refractivity contribution in [1.82, 2.24) is 14.5 Å². The highest BCUT2D eigenvalue weighted by molar-refractivity contribution is 7.89. The lowest BCUT2D eigenvalue weighted by Crippen LogP contribution is -2.36. The topological polar surface area (TPSA) is 66.1 Å². The van der Waals surface area contributed by atoms with Gasteiger partial charge in [0.15, 0.2) is 0 Å². The average Bonchev–Trinajstić information content (AvgIpc) is 2.82. The molecule has 0 saturated heterocycles. The third kappa shape index (κ3) is 3.45. The van der Waals surface area contributed by atoms with Crippen molar-refractivity contribution in [1.29, 1.82) is 0 Å². The zero-order chi connectivity index (χ0) is 15.6. The molecule has 1 N–H and O–H groups in total. The van der Waals surface area contributed by atoms with Gasteiger partial charge in [-0.3, -0.25) is 5.10 Å². The molecule has 7 heteroatoms. The van der Waals surface area contributed by atoms with Crippen molar-refractivity contribution in [2.45, 2.75) is 38.3 Å². The van der Waals surface area contributed by atoms with Gasteiger partial charge in [0.1, 0.15) is 4.90 Å². The van der Waals surface area contributed by atoms with E-state index in [1.807, 2.05) is 26.0 Å². The van der Waals surface area contributed by atoms with Crippen LogP contribution in [0.2, 0.25) is 5.02 Å². The van der Waals surface area contributed by atoms with Gasteiger partial charge in [-0.15, -0.1) is 0 Å². The first-order valence-electron chi connectivity index (χ1n) is 6.58. The quantitative estimate of drug-likeness (QED) is 0.918. The Kier molecular flexibility index (Phi) is 4.70. The van der Waals surface area contributed by atoms with Gasteiger partial charge in [-0.25, -0.2) is 8.42 Å². The summed E-state index contributed by atoms with van der Waals surface area (Å²) in [7, 11) is -3.60. The number of aryl methyl sites for hydroxylation is 1. The number of aromatic nitrogens is 2. The van der Waals surface area contributed by atoms with Gasteiger partial charge in [0.05, 0.1) is 11.9 Å². The highest BCUT2D eigenvalue weighted by atomic mass is 35.5. The second-order valence-electron chi connectivity index (χ2n) is 5.13. The molecular weight excluding hydrogens is 310 g/mol. The Morgan fingerprint density at radius 1 is 1.38 bits per heavy atom. The molecule has 0 aliphatic heterocycles. The number of sulfonamides is 1. The summed E-state index contributed by atoms with van der Waals surface area (Å²) in [5.74, 6) is 0. The maximum Gasteiger partial charge on any atom is 0.246 e. The van der Waals surface area contributed by atoms with Crippen molar-refractivity contribution in [3.05, 3.63) is 46.7 Å². The molecule has 1 heterocycles. The lowest BCUT2D eigenvalue weighted by atomic mass is 10.2. The summed E-state index contributed by atoms with van der Waals surface area (Å²) in [6.07, 6.45) is 1.35. The van der Waals surface area contributed by atoms with Crippen LogP contribution in [-0.2, 0) is 16.6 Å². The molecule has 0 aliphatic carbocycles. The summed E-state index contributed by atoms with van der Waals surface area (Å²) in [6.45, 7) is 5.65. The van der Waals surface area contributed by atoms with Gasteiger partial charge in [-0.2, -0.15) is 9.40 Å². The van der Waals surface area contributed by atoms with Crippen molar-refractivity contribution in [3.8, 4) is 0 Å². The lowest BCUT2D eigenvalue weighted by molar-refractivity contribution is 0.348. The number of nitrogens with one attached hydrogen (secondary N) is 1. The summed E-state index contributed by atoms with van der Waals surface area (Å²) in [4.78, 5) is 0.207. The zero-order valence-corrected chi connectivity index (χ0v) is 13.7. The number of halogens is 1. The van der Waals surface area contributed by atoms with Gasteiger partial charge >= 0.3 is 0 Å². The van der Waals surface area contributed by atoms with Gasteiger partial charge in [0, 0.05) is 17.6 Å². The molecule has 0 unspecified atom stereocenters. The standard InChI is InChI=1S/C14H18ClN3O2S/c1-10(2)18(9-12-5-4-6-13(15)7-12)21(19,20)14-8-16-17-11(14)3/h4-8,10H,9H2,1-3H3,(H,16,17). The van der Waals surface area contributed by atoms with E-state index in [1.165, 1.54) is 10.5 Å². The fraction of sp³-hybridized carbons (Fsp3) is 0.357. The van der Waals surface area contributed by atoms with Crippen LogP contribution < -0.4 is 0 Å². The summed E-state index contributed by atoms with van der Waals surface area (Å²) in [5.41, 5.74) is 1.38. The van der Waals surface area contributed by atoms with Gasteiger partial charge < -0.3 is 0 Å². The van der Waals surface area contributed by atoms with Crippen LogP contribution in [0.3, 0.4) is 0 Å². The van der Waals surface area contributed by atoms with Crippen LogP contribution in [0.25, 0.3) is 0 Å². The number of nitrogens with zero attached hydrogens (tertiary/aromatic N) is 2. The molecule has 2 aromatic rings. The molecule has 0 saturated carbocycles. The minimum atomic E-state index is -3.60. The van der Waals surface area contributed by atoms with Crippen LogP contribution in [0.1, 0.15) is 25.1 Å². The average molecular weight is 328 g/mol. The van der Waals surface area contributed by atoms with Crippen LogP contribution in [0.4, 0.5) is 0 Å².